The number of ether oxygens (including phenoxy) is 2. The first-order valence-electron chi connectivity index (χ1n) is 9.47. The quantitative estimate of drug-likeness (QED) is 0.668. The Kier molecular flexibility index (Phi) is 5.87. The van der Waals surface area contributed by atoms with Crippen molar-refractivity contribution in [1.29, 1.82) is 0 Å². The molecule has 1 aromatic heterocycles. The van der Waals surface area contributed by atoms with Crippen LogP contribution in [0.5, 0.6) is 11.5 Å². The number of benzene rings is 2. The van der Waals surface area contributed by atoms with Gasteiger partial charge in [0.25, 0.3) is 11.5 Å². The van der Waals surface area contributed by atoms with Crippen LogP contribution in [0.4, 0.5) is 0 Å². The van der Waals surface area contributed by atoms with Crippen LogP contribution in [0, 0.1) is 0 Å². The zero-order valence-corrected chi connectivity index (χ0v) is 17.0. The molecule has 1 amide bonds. The fraction of sp³-hybridized carbons (Fsp3) is 0.318. The molecule has 2 N–H and O–H groups in total. The fourth-order valence-corrected chi connectivity index (χ4v) is 2.91. The topological polar surface area (TPSA) is 93.3 Å². The average Bonchev–Trinajstić information content (AvgIpc) is 2.65. The van der Waals surface area contributed by atoms with Gasteiger partial charge in [-0.05, 0) is 52.0 Å². The highest BCUT2D eigenvalue weighted by atomic mass is 16.5. The first-order chi connectivity index (χ1) is 13.8. The van der Waals surface area contributed by atoms with Crippen LogP contribution >= 0.6 is 0 Å². The second-order valence-corrected chi connectivity index (χ2v) is 7.61. The molecular weight excluding hydrogens is 370 g/mol. The third kappa shape index (κ3) is 5.13. The summed E-state index contributed by atoms with van der Waals surface area (Å²) in [6.07, 6.45) is 0. The molecule has 0 saturated heterocycles. The van der Waals surface area contributed by atoms with Crippen molar-refractivity contribution < 1.29 is 14.3 Å². The average molecular weight is 395 g/mol. The molecule has 29 heavy (non-hydrogen) atoms. The maximum Gasteiger partial charge on any atom is 0.262 e. The van der Waals surface area contributed by atoms with Crippen LogP contribution in [0.1, 0.15) is 27.7 Å². The zero-order valence-electron chi connectivity index (χ0n) is 17.0. The molecule has 0 spiro atoms. The number of nitrogens with zero attached hydrogens (tertiary/aromatic N) is 1. The number of rotatable bonds is 6. The number of carbonyl (C=O) groups excluding carboxylic acids is 1. The number of aromatic nitrogens is 2. The van der Waals surface area contributed by atoms with E-state index in [9.17, 15) is 9.59 Å². The molecule has 0 atom stereocenters. The van der Waals surface area contributed by atoms with Crippen molar-refractivity contribution in [3.63, 3.8) is 0 Å². The third-order valence-electron chi connectivity index (χ3n) is 3.99. The van der Waals surface area contributed by atoms with E-state index in [2.05, 4.69) is 15.3 Å². The summed E-state index contributed by atoms with van der Waals surface area (Å²) < 4.78 is 11.1. The Balaban J connectivity index is 1.86. The minimum absolute atomic E-state index is 0.0971. The Morgan fingerprint density at radius 3 is 2.62 bits per heavy atom. The normalized spacial score (nSPS) is 11.3. The highest BCUT2D eigenvalue weighted by Gasteiger charge is 2.15. The number of H-pyrrole nitrogens is 1. The third-order valence-corrected chi connectivity index (χ3v) is 3.99. The molecule has 0 radical (unpaired) electrons. The lowest BCUT2D eigenvalue weighted by Crippen LogP contribution is -2.43. The van der Waals surface area contributed by atoms with E-state index in [1.807, 2.05) is 33.8 Å². The molecule has 0 unspecified atom stereocenters. The van der Waals surface area contributed by atoms with Gasteiger partial charge >= 0.3 is 0 Å². The number of amides is 1. The van der Waals surface area contributed by atoms with Gasteiger partial charge in [-0.1, -0.05) is 18.2 Å². The molecule has 152 valence electrons. The van der Waals surface area contributed by atoms with Crippen molar-refractivity contribution >= 4 is 16.8 Å². The van der Waals surface area contributed by atoms with Gasteiger partial charge in [0.2, 0.25) is 0 Å². The van der Waals surface area contributed by atoms with E-state index in [-0.39, 0.29) is 23.6 Å². The van der Waals surface area contributed by atoms with Crippen molar-refractivity contribution in [2.75, 3.05) is 13.2 Å². The smallest absolute Gasteiger partial charge is 0.262 e. The van der Waals surface area contributed by atoms with Crippen LogP contribution in [-0.2, 0) is 4.79 Å². The summed E-state index contributed by atoms with van der Waals surface area (Å²) in [4.78, 5) is 32.0. The van der Waals surface area contributed by atoms with E-state index in [1.54, 1.807) is 36.4 Å². The number of hydrogen-bond acceptors (Lipinski definition) is 5. The van der Waals surface area contributed by atoms with Gasteiger partial charge in [0.05, 0.1) is 12.1 Å². The standard InChI is InChI=1S/C22H25N3O4/c1-5-28-17-11-7-10-16-19(17)21(27)24-20(23-16)14-8-6-9-15(12-14)29-13-18(26)25-22(2,3)4/h6-12H,5,13H2,1-4H3,(H,25,26)(H,23,24,27). The Morgan fingerprint density at radius 2 is 1.90 bits per heavy atom. The summed E-state index contributed by atoms with van der Waals surface area (Å²) in [6, 6.07) is 12.4. The number of nitrogens with one attached hydrogen (secondary N) is 2. The van der Waals surface area contributed by atoms with Crippen LogP contribution in [0.15, 0.2) is 47.3 Å². The Morgan fingerprint density at radius 1 is 1.14 bits per heavy atom. The first kappa shape index (κ1) is 20.4. The van der Waals surface area contributed by atoms with E-state index >= 15 is 0 Å². The van der Waals surface area contributed by atoms with Gasteiger partial charge in [-0.2, -0.15) is 0 Å². The van der Waals surface area contributed by atoms with Crippen LogP contribution in [0.25, 0.3) is 22.3 Å². The predicted octanol–water partition coefficient (Wildman–Crippen LogP) is 3.28. The van der Waals surface area contributed by atoms with E-state index in [0.717, 1.165) is 0 Å². The Hall–Kier alpha value is -3.35. The molecule has 3 aromatic rings. The summed E-state index contributed by atoms with van der Waals surface area (Å²) in [6.45, 7) is 7.95. The lowest BCUT2D eigenvalue weighted by atomic mass is 10.1. The van der Waals surface area contributed by atoms with E-state index < -0.39 is 0 Å². The van der Waals surface area contributed by atoms with Crippen molar-refractivity contribution in [3.05, 3.63) is 52.8 Å². The molecule has 0 aliphatic carbocycles. The van der Waals surface area contributed by atoms with Gasteiger partial charge in [0.15, 0.2) is 6.61 Å². The van der Waals surface area contributed by atoms with Gasteiger partial charge in [-0.15, -0.1) is 0 Å². The van der Waals surface area contributed by atoms with Crippen LogP contribution in [0.3, 0.4) is 0 Å². The fourth-order valence-electron chi connectivity index (χ4n) is 2.91. The summed E-state index contributed by atoms with van der Waals surface area (Å²) in [5.41, 5.74) is 0.631. The molecule has 0 saturated carbocycles. The maximum absolute atomic E-state index is 12.6. The number of fused-ring (bicyclic) bond motifs is 1. The molecule has 3 rings (SSSR count). The van der Waals surface area contributed by atoms with E-state index in [1.165, 1.54) is 0 Å². The van der Waals surface area contributed by atoms with Crippen molar-refractivity contribution in [2.24, 2.45) is 0 Å². The highest BCUT2D eigenvalue weighted by molar-refractivity contribution is 5.85. The van der Waals surface area contributed by atoms with Crippen LogP contribution in [-0.4, -0.2) is 34.6 Å². The van der Waals surface area contributed by atoms with E-state index in [0.29, 0.717) is 40.4 Å². The number of aromatic amines is 1. The summed E-state index contributed by atoms with van der Waals surface area (Å²) in [7, 11) is 0. The minimum Gasteiger partial charge on any atom is -0.493 e. The molecule has 0 bridgehead atoms. The van der Waals surface area contributed by atoms with Gasteiger partial charge in [-0.3, -0.25) is 9.59 Å². The first-order valence-corrected chi connectivity index (χ1v) is 9.47. The second-order valence-electron chi connectivity index (χ2n) is 7.61. The molecule has 2 aromatic carbocycles. The Labute approximate surface area is 169 Å². The van der Waals surface area contributed by atoms with Crippen molar-refractivity contribution in [1.82, 2.24) is 15.3 Å². The predicted molar refractivity (Wildman–Crippen MR) is 112 cm³/mol. The zero-order chi connectivity index (χ0) is 21.0. The number of carbonyl (C=O) groups is 1. The largest absolute Gasteiger partial charge is 0.493 e. The molecular formula is C22H25N3O4. The van der Waals surface area contributed by atoms with Gasteiger partial charge in [0.1, 0.15) is 22.7 Å². The molecule has 0 aliphatic heterocycles. The number of hydrogen-bond donors (Lipinski definition) is 2. The van der Waals surface area contributed by atoms with Gasteiger partial charge in [0, 0.05) is 11.1 Å². The summed E-state index contributed by atoms with van der Waals surface area (Å²) in [5, 5.41) is 3.26. The highest BCUT2D eigenvalue weighted by Crippen LogP contribution is 2.25. The van der Waals surface area contributed by atoms with E-state index in [4.69, 9.17) is 9.47 Å². The van der Waals surface area contributed by atoms with Crippen LogP contribution < -0.4 is 20.3 Å². The second kappa shape index (κ2) is 8.34. The molecule has 7 heteroatoms. The molecule has 7 nitrogen and oxygen atoms in total. The Bertz CT molecular complexity index is 1080. The van der Waals surface area contributed by atoms with Crippen LogP contribution in [0.2, 0.25) is 0 Å². The molecule has 1 heterocycles. The van der Waals surface area contributed by atoms with Gasteiger partial charge in [-0.25, -0.2) is 4.98 Å². The lowest BCUT2D eigenvalue weighted by Gasteiger charge is -2.20. The summed E-state index contributed by atoms with van der Waals surface area (Å²) in [5.74, 6) is 1.23. The summed E-state index contributed by atoms with van der Waals surface area (Å²) >= 11 is 0. The SMILES string of the molecule is CCOc1cccc2nc(-c3cccc(OCC(=O)NC(C)(C)C)c3)[nH]c(=O)c12. The maximum atomic E-state index is 12.6. The minimum atomic E-state index is -0.322. The molecule has 0 aliphatic rings. The molecule has 0 fully saturated rings. The lowest BCUT2D eigenvalue weighted by molar-refractivity contribution is -0.124. The van der Waals surface area contributed by atoms with Crippen molar-refractivity contribution in [3.8, 4) is 22.9 Å². The van der Waals surface area contributed by atoms with Gasteiger partial charge < -0.3 is 19.8 Å². The monoisotopic (exact) mass is 395 g/mol. The van der Waals surface area contributed by atoms with Crippen molar-refractivity contribution in [2.45, 2.75) is 33.2 Å².